The number of hydrogen-bond donors (Lipinski definition) is 1. The second-order valence-corrected chi connectivity index (χ2v) is 5.88. The number of rotatable bonds is 18. The van der Waals surface area contributed by atoms with E-state index in [1.54, 1.807) is 24.3 Å². The number of ether oxygens (including phenoxy) is 6. The summed E-state index contributed by atoms with van der Waals surface area (Å²) in [6.45, 7) is 8.90. The highest BCUT2D eigenvalue weighted by molar-refractivity contribution is 5.88. The maximum absolute atomic E-state index is 11.0. The number of nitrogens with one attached hydrogen (secondary N) is 1. The van der Waals surface area contributed by atoms with Crippen LogP contribution in [0, 0.1) is 0 Å². The molecule has 30 heavy (non-hydrogen) atoms. The average Bonchev–Trinajstić information content (AvgIpc) is 2.74. The van der Waals surface area contributed by atoms with Crippen LogP contribution in [0.25, 0.3) is 0 Å². The highest BCUT2D eigenvalue weighted by atomic mass is 16.6. The predicted octanol–water partition coefficient (Wildman–Crippen LogP) is 1.82. The Balaban J connectivity index is 1.82. The lowest BCUT2D eigenvalue weighted by Gasteiger charge is -2.09. The Kier molecular flexibility index (Phi) is 14.8. The first-order chi connectivity index (χ1) is 14.6. The summed E-state index contributed by atoms with van der Waals surface area (Å²) in [4.78, 5) is 21.7. The van der Waals surface area contributed by atoms with Gasteiger partial charge in [-0.05, 0) is 24.3 Å². The van der Waals surface area contributed by atoms with Crippen molar-refractivity contribution in [1.29, 1.82) is 0 Å². The molecule has 1 aromatic carbocycles. The average molecular weight is 425 g/mol. The molecule has 9 heteroatoms. The zero-order valence-electron chi connectivity index (χ0n) is 17.4. The Labute approximate surface area is 177 Å². The first-order valence-corrected chi connectivity index (χ1v) is 9.72. The van der Waals surface area contributed by atoms with Crippen LogP contribution in [0.15, 0.2) is 36.9 Å². The fraction of sp³-hybridized carbons (Fsp3) is 0.524. The monoisotopic (exact) mass is 425 g/mol. The van der Waals surface area contributed by atoms with Gasteiger partial charge in [-0.2, -0.15) is 0 Å². The lowest BCUT2D eigenvalue weighted by Crippen LogP contribution is -2.14. The van der Waals surface area contributed by atoms with E-state index in [1.165, 1.54) is 6.92 Å². The highest BCUT2D eigenvalue weighted by Gasteiger charge is 1.98. The molecule has 0 spiro atoms. The largest absolute Gasteiger partial charge is 0.491 e. The third kappa shape index (κ3) is 14.5. The van der Waals surface area contributed by atoms with Gasteiger partial charge in [0.15, 0.2) is 0 Å². The van der Waals surface area contributed by atoms with Gasteiger partial charge >= 0.3 is 5.97 Å². The van der Waals surface area contributed by atoms with Crippen LogP contribution in [0.3, 0.4) is 0 Å². The normalized spacial score (nSPS) is 10.4. The minimum absolute atomic E-state index is 0.111. The van der Waals surface area contributed by atoms with Gasteiger partial charge in [0.05, 0.1) is 52.9 Å². The Bertz CT molecular complexity index is 606. The summed E-state index contributed by atoms with van der Waals surface area (Å²) in [5.74, 6) is 0.140. The van der Waals surface area contributed by atoms with Gasteiger partial charge in [0, 0.05) is 18.7 Å². The molecule has 0 aliphatic carbocycles. The van der Waals surface area contributed by atoms with Crippen molar-refractivity contribution >= 4 is 17.6 Å². The summed E-state index contributed by atoms with van der Waals surface area (Å²) in [7, 11) is 0. The molecule has 168 valence electrons. The van der Waals surface area contributed by atoms with Crippen molar-refractivity contribution in [1.82, 2.24) is 0 Å². The molecule has 0 bridgehead atoms. The highest BCUT2D eigenvalue weighted by Crippen LogP contribution is 2.15. The summed E-state index contributed by atoms with van der Waals surface area (Å²) in [5.41, 5.74) is 0.728. The Hall–Kier alpha value is -2.46. The Morgan fingerprint density at radius 1 is 0.800 bits per heavy atom. The van der Waals surface area contributed by atoms with Gasteiger partial charge < -0.3 is 33.7 Å². The number of hydrogen-bond acceptors (Lipinski definition) is 8. The molecule has 0 aliphatic heterocycles. The molecule has 1 rings (SSSR count). The molecule has 0 aliphatic rings. The van der Waals surface area contributed by atoms with Crippen molar-refractivity contribution in [3.63, 3.8) is 0 Å². The molecule has 0 saturated heterocycles. The lowest BCUT2D eigenvalue weighted by molar-refractivity contribution is -0.139. The van der Waals surface area contributed by atoms with Crippen molar-refractivity contribution < 1.29 is 38.0 Å². The van der Waals surface area contributed by atoms with E-state index < -0.39 is 5.97 Å². The van der Waals surface area contributed by atoms with Crippen LogP contribution in [-0.2, 0) is 33.3 Å². The molecular formula is C21H31NO8. The van der Waals surface area contributed by atoms with Crippen molar-refractivity contribution in [2.75, 3.05) is 71.4 Å². The van der Waals surface area contributed by atoms with Crippen molar-refractivity contribution in [3.8, 4) is 5.75 Å². The van der Waals surface area contributed by atoms with Gasteiger partial charge in [0.25, 0.3) is 0 Å². The van der Waals surface area contributed by atoms with Gasteiger partial charge in [-0.3, -0.25) is 4.79 Å². The maximum atomic E-state index is 11.0. The third-order valence-corrected chi connectivity index (χ3v) is 3.43. The molecule has 0 heterocycles. The Morgan fingerprint density at radius 3 is 1.73 bits per heavy atom. The van der Waals surface area contributed by atoms with Crippen LogP contribution in [0.5, 0.6) is 5.75 Å². The van der Waals surface area contributed by atoms with Crippen LogP contribution >= 0.6 is 0 Å². The molecule has 0 saturated carbocycles. The number of carbonyl (C=O) groups excluding carboxylic acids is 2. The molecule has 1 N–H and O–H groups in total. The van der Waals surface area contributed by atoms with Crippen molar-refractivity contribution in [2.45, 2.75) is 6.92 Å². The molecule has 1 amide bonds. The minimum atomic E-state index is -0.460. The minimum Gasteiger partial charge on any atom is -0.491 e. The van der Waals surface area contributed by atoms with Crippen LogP contribution in [0.4, 0.5) is 5.69 Å². The van der Waals surface area contributed by atoms with E-state index in [4.69, 9.17) is 28.4 Å². The molecule has 0 fully saturated rings. The quantitative estimate of drug-likeness (QED) is 0.216. The molecular weight excluding hydrogens is 394 g/mol. The standard InChI is InChI=1S/C21H31NO8/c1-3-21(24)30-17-15-28-13-11-26-9-8-25-10-12-27-14-16-29-20-6-4-19(5-7-20)22-18(2)23/h3-7H,1,8-17H2,2H3,(H,22,23). The van der Waals surface area contributed by atoms with E-state index in [2.05, 4.69) is 11.9 Å². The lowest BCUT2D eigenvalue weighted by atomic mass is 10.3. The number of carbonyl (C=O) groups is 2. The SMILES string of the molecule is C=CC(=O)OCCOCCOCCOCCOCCOc1ccc(NC(C)=O)cc1. The molecule has 9 nitrogen and oxygen atoms in total. The van der Waals surface area contributed by atoms with Gasteiger partial charge in [-0.15, -0.1) is 0 Å². The zero-order chi connectivity index (χ0) is 21.9. The summed E-state index contributed by atoms with van der Waals surface area (Å²) in [6.07, 6.45) is 1.11. The molecule has 0 atom stereocenters. The van der Waals surface area contributed by atoms with E-state index in [1.807, 2.05) is 0 Å². The van der Waals surface area contributed by atoms with Gasteiger partial charge in [0.1, 0.15) is 19.0 Å². The summed E-state index contributed by atoms with van der Waals surface area (Å²) >= 11 is 0. The second kappa shape index (κ2) is 17.4. The molecule has 1 aromatic rings. The summed E-state index contributed by atoms with van der Waals surface area (Å²) < 4.78 is 31.7. The predicted molar refractivity (Wildman–Crippen MR) is 111 cm³/mol. The maximum Gasteiger partial charge on any atom is 0.330 e. The van der Waals surface area contributed by atoms with Crippen molar-refractivity contribution in [3.05, 3.63) is 36.9 Å². The molecule has 0 radical (unpaired) electrons. The fourth-order valence-electron chi connectivity index (χ4n) is 2.08. The number of esters is 1. The van der Waals surface area contributed by atoms with Crippen LogP contribution in [-0.4, -0.2) is 77.9 Å². The van der Waals surface area contributed by atoms with E-state index in [0.29, 0.717) is 65.2 Å². The first-order valence-electron chi connectivity index (χ1n) is 9.72. The molecule has 0 aromatic heterocycles. The fourth-order valence-corrected chi connectivity index (χ4v) is 2.08. The number of anilines is 1. The first kappa shape index (κ1) is 25.6. The second-order valence-electron chi connectivity index (χ2n) is 5.88. The van der Waals surface area contributed by atoms with E-state index in [0.717, 1.165) is 11.8 Å². The van der Waals surface area contributed by atoms with E-state index >= 15 is 0 Å². The third-order valence-electron chi connectivity index (χ3n) is 3.43. The van der Waals surface area contributed by atoms with Crippen molar-refractivity contribution in [2.24, 2.45) is 0 Å². The number of amides is 1. The molecule has 0 unspecified atom stereocenters. The van der Waals surface area contributed by atoms with E-state index in [-0.39, 0.29) is 12.5 Å². The van der Waals surface area contributed by atoms with Crippen LogP contribution in [0.2, 0.25) is 0 Å². The Morgan fingerprint density at radius 2 is 1.27 bits per heavy atom. The van der Waals surface area contributed by atoms with Crippen LogP contribution < -0.4 is 10.1 Å². The van der Waals surface area contributed by atoms with E-state index in [9.17, 15) is 9.59 Å². The number of benzene rings is 1. The smallest absolute Gasteiger partial charge is 0.330 e. The summed E-state index contributed by atoms with van der Waals surface area (Å²) in [5, 5.41) is 2.69. The topological polar surface area (TPSA) is 102 Å². The van der Waals surface area contributed by atoms with Gasteiger partial charge in [0.2, 0.25) is 5.91 Å². The van der Waals surface area contributed by atoms with Crippen LogP contribution in [0.1, 0.15) is 6.92 Å². The van der Waals surface area contributed by atoms with Gasteiger partial charge in [-0.1, -0.05) is 6.58 Å². The zero-order valence-corrected chi connectivity index (χ0v) is 17.4. The van der Waals surface area contributed by atoms with Gasteiger partial charge in [-0.25, -0.2) is 4.79 Å². The summed E-state index contributed by atoms with van der Waals surface area (Å²) in [6, 6.07) is 7.13.